The number of rotatable bonds is 4. The van der Waals surface area contributed by atoms with Crippen LogP contribution in [0.25, 0.3) is 0 Å². The number of pyridine rings is 2. The minimum absolute atomic E-state index is 0.231. The van der Waals surface area contributed by atoms with Gasteiger partial charge in [-0.25, -0.2) is 10.4 Å². The van der Waals surface area contributed by atoms with Crippen molar-refractivity contribution in [3.63, 3.8) is 0 Å². The maximum Gasteiger partial charge on any atom is 0.292 e. The molecule has 152 valence electrons. The van der Waals surface area contributed by atoms with E-state index in [-0.39, 0.29) is 23.3 Å². The van der Waals surface area contributed by atoms with Crippen LogP contribution in [0, 0.1) is 13.8 Å². The van der Waals surface area contributed by atoms with Crippen LogP contribution in [0.4, 0.5) is 5.82 Å². The molecule has 0 fully saturated rings. The molecule has 8 heteroatoms. The zero-order chi connectivity index (χ0) is 21.1. The van der Waals surface area contributed by atoms with E-state index >= 15 is 0 Å². The summed E-state index contributed by atoms with van der Waals surface area (Å²) in [6, 6.07) is 10.5. The Bertz CT molecular complexity index is 1130. The Morgan fingerprint density at radius 3 is 2.70 bits per heavy atom. The van der Waals surface area contributed by atoms with Gasteiger partial charge in [0.25, 0.3) is 11.8 Å². The van der Waals surface area contributed by atoms with Crippen LogP contribution in [0.2, 0.25) is 0 Å². The molecule has 0 saturated heterocycles. The van der Waals surface area contributed by atoms with Crippen molar-refractivity contribution < 1.29 is 14.0 Å². The molecule has 0 radical (unpaired) electrons. The first-order chi connectivity index (χ1) is 14.5. The van der Waals surface area contributed by atoms with E-state index in [1.54, 1.807) is 30.5 Å². The second kappa shape index (κ2) is 8.28. The summed E-state index contributed by atoms with van der Waals surface area (Å²) in [5, 5.41) is 7.08. The van der Waals surface area contributed by atoms with Gasteiger partial charge in [-0.05, 0) is 51.0 Å². The smallest absolute Gasteiger partial charge is 0.292 e. The second-order valence-electron chi connectivity index (χ2n) is 7.04. The number of anilines is 1. The van der Waals surface area contributed by atoms with Crippen molar-refractivity contribution in [2.75, 3.05) is 5.32 Å². The van der Waals surface area contributed by atoms with Crippen LogP contribution in [-0.2, 0) is 6.42 Å². The zero-order valence-electron chi connectivity index (χ0n) is 16.7. The van der Waals surface area contributed by atoms with Crippen molar-refractivity contribution in [3.05, 3.63) is 76.6 Å². The number of furan rings is 1. The van der Waals surface area contributed by atoms with Gasteiger partial charge < -0.3 is 9.73 Å². The third kappa shape index (κ3) is 3.98. The fourth-order valence-electron chi connectivity index (χ4n) is 3.46. The Labute approximate surface area is 173 Å². The summed E-state index contributed by atoms with van der Waals surface area (Å²) >= 11 is 0. The first kappa shape index (κ1) is 19.5. The molecule has 4 rings (SSSR count). The predicted molar refractivity (Wildman–Crippen MR) is 112 cm³/mol. The van der Waals surface area contributed by atoms with Gasteiger partial charge in [-0.15, -0.1) is 0 Å². The molecule has 0 unspecified atom stereocenters. The number of nitrogens with zero attached hydrogens (tertiary/aromatic N) is 3. The van der Waals surface area contributed by atoms with Gasteiger partial charge in [0.1, 0.15) is 17.3 Å². The third-order valence-electron chi connectivity index (χ3n) is 4.85. The predicted octanol–water partition coefficient (Wildman–Crippen LogP) is 3.41. The minimum Gasteiger partial charge on any atom is -0.455 e. The van der Waals surface area contributed by atoms with Crippen molar-refractivity contribution in [2.24, 2.45) is 5.10 Å². The number of hydrogen-bond acceptors (Lipinski definition) is 6. The van der Waals surface area contributed by atoms with E-state index in [0.29, 0.717) is 35.7 Å². The van der Waals surface area contributed by atoms with E-state index in [2.05, 4.69) is 25.8 Å². The Hall–Kier alpha value is -3.81. The van der Waals surface area contributed by atoms with Crippen LogP contribution >= 0.6 is 0 Å². The molecule has 0 saturated carbocycles. The zero-order valence-corrected chi connectivity index (χ0v) is 16.7. The Balaban J connectivity index is 1.57. The van der Waals surface area contributed by atoms with Gasteiger partial charge in [-0.3, -0.25) is 14.6 Å². The number of hydrazone groups is 1. The molecule has 0 bridgehead atoms. The van der Waals surface area contributed by atoms with Crippen LogP contribution in [-0.4, -0.2) is 27.5 Å². The van der Waals surface area contributed by atoms with Crippen molar-refractivity contribution in [1.82, 2.24) is 15.4 Å². The van der Waals surface area contributed by atoms with E-state index in [9.17, 15) is 9.59 Å². The number of nitrogens with one attached hydrogen (secondary N) is 2. The highest BCUT2D eigenvalue weighted by Gasteiger charge is 2.28. The van der Waals surface area contributed by atoms with Crippen molar-refractivity contribution in [2.45, 2.75) is 33.1 Å². The first-order valence-electron chi connectivity index (χ1n) is 9.68. The van der Waals surface area contributed by atoms with Crippen molar-refractivity contribution in [1.29, 1.82) is 0 Å². The lowest BCUT2D eigenvalue weighted by atomic mass is 9.93. The lowest BCUT2D eigenvalue weighted by molar-refractivity contribution is 0.0948. The van der Waals surface area contributed by atoms with Gasteiger partial charge in [0.15, 0.2) is 5.76 Å². The van der Waals surface area contributed by atoms with E-state index in [4.69, 9.17) is 4.42 Å². The summed E-state index contributed by atoms with van der Waals surface area (Å²) in [5.74, 6) is 0.642. The van der Waals surface area contributed by atoms with Gasteiger partial charge in [-0.1, -0.05) is 12.1 Å². The highest BCUT2D eigenvalue weighted by Crippen LogP contribution is 2.30. The SMILES string of the molecule is Cc1cccc(NC(=O)c2oc3c(c2C)/C(=N/NC(=O)c2ccccn2)CCC3)n1. The van der Waals surface area contributed by atoms with Crippen LogP contribution in [0.5, 0.6) is 0 Å². The van der Waals surface area contributed by atoms with E-state index in [1.807, 2.05) is 26.0 Å². The van der Waals surface area contributed by atoms with Crippen LogP contribution in [0.1, 0.15) is 56.5 Å². The number of amides is 2. The molecule has 0 aliphatic heterocycles. The topological polar surface area (TPSA) is 109 Å². The molecule has 0 atom stereocenters. The average molecular weight is 403 g/mol. The molecule has 2 N–H and O–H groups in total. The summed E-state index contributed by atoms with van der Waals surface area (Å²) < 4.78 is 5.88. The number of carbonyl (C=O) groups is 2. The van der Waals surface area contributed by atoms with Crippen LogP contribution < -0.4 is 10.7 Å². The summed E-state index contributed by atoms with van der Waals surface area (Å²) in [6.07, 6.45) is 3.75. The summed E-state index contributed by atoms with van der Waals surface area (Å²) in [7, 11) is 0. The fourth-order valence-corrected chi connectivity index (χ4v) is 3.46. The molecule has 3 heterocycles. The maximum absolute atomic E-state index is 12.8. The second-order valence-corrected chi connectivity index (χ2v) is 7.04. The van der Waals surface area contributed by atoms with Crippen LogP contribution in [0.3, 0.4) is 0 Å². The lowest BCUT2D eigenvalue weighted by Gasteiger charge is -2.13. The van der Waals surface area contributed by atoms with Crippen molar-refractivity contribution >= 4 is 23.3 Å². The number of aryl methyl sites for hydroxylation is 2. The van der Waals surface area contributed by atoms with Crippen molar-refractivity contribution in [3.8, 4) is 0 Å². The summed E-state index contributed by atoms with van der Waals surface area (Å²) in [6.45, 7) is 3.68. The highest BCUT2D eigenvalue weighted by molar-refractivity contribution is 6.09. The monoisotopic (exact) mass is 403 g/mol. The minimum atomic E-state index is -0.389. The standard InChI is InChI=1S/C22H21N5O3/c1-13-7-5-11-18(24-13)25-22(29)20-14(2)19-15(9-6-10-17(19)30-20)26-27-21(28)16-8-3-4-12-23-16/h3-5,7-8,11-12H,6,9-10H2,1-2H3,(H,27,28)(H,24,25,29)/b26-15+. The fraction of sp³-hybridized carbons (Fsp3) is 0.227. The van der Waals surface area contributed by atoms with E-state index < -0.39 is 0 Å². The molecule has 8 nitrogen and oxygen atoms in total. The number of fused-ring (bicyclic) bond motifs is 1. The molecule has 0 aromatic carbocycles. The van der Waals surface area contributed by atoms with Gasteiger partial charge >= 0.3 is 0 Å². The third-order valence-corrected chi connectivity index (χ3v) is 4.85. The molecular weight excluding hydrogens is 382 g/mol. The number of hydrogen-bond donors (Lipinski definition) is 2. The molecule has 3 aromatic rings. The quantitative estimate of drug-likeness (QED) is 0.649. The summed E-state index contributed by atoms with van der Waals surface area (Å²) in [4.78, 5) is 33.3. The van der Waals surface area contributed by atoms with Gasteiger partial charge in [0.2, 0.25) is 0 Å². The summed E-state index contributed by atoms with van der Waals surface area (Å²) in [5.41, 5.74) is 5.81. The van der Waals surface area contributed by atoms with E-state index in [0.717, 1.165) is 17.7 Å². The Kier molecular flexibility index (Phi) is 5.38. The molecule has 30 heavy (non-hydrogen) atoms. The lowest BCUT2D eigenvalue weighted by Crippen LogP contribution is -2.22. The normalized spacial score (nSPS) is 14.3. The van der Waals surface area contributed by atoms with Gasteiger partial charge in [-0.2, -0.15) is 5.10 Å². The van der Waals surface area contributed by atoms with E-state index in [1.165, 1.54) is 0 Å². The molecule has 1 aliphatic carbocycles. The maximum atomic E-state index is 12.8. The molecule has 1 aliphatic rings. The highest BCUT2D eigenvalue weighted by atomic mass is 16.4. The van der Waals surface area contributed by atoms with Crippen LogP contribution in [0.15, 0.2) is 52.1 Å². The molecule has 2 amide bonds. The largest absolute Gasteiger partial charge is 0.455 e. The Morgan fingerprint density at radius 1 is 1.07 bits per heavy atom. The molecule has 0 spiro atoms. The molecule has 3 aromatic heterocycles. The first-order valence-corrected chi connectivity index (χ1v) is 9.68. The van der Waals surface area contributed by atoms with Gasteiger partial charge in [0, 0.05) is 29.4 Å². The average Bonchev–Trinajstić information content (AvgIpc) is 3.10. The Morgan fingerprint density at radius 2 is 1.93 bits per heavy atom. The number of carbonyl (C=O) groups excluding carboxylic acids is 2. The van der Waals surface area contributed by atoms with Gasteiger partial charge in [0.05, 0.1) is 5.71 Å². The molecular formula is C22H21N5O3. The number of aromatic nitrogens is 2.